The Morgan fingerprint density at radius 3 is 3.00 bits per heavy atom. The van der Waals surface area contributed by atoms with Gasteiger partial charge in [-0.1, -0.05) is 15.9 Å². The number of rotatable bonds is 1. The molecule has 1 aliphatic heterocycles. The highest BCUT2D eigenvalue weighted by Crippen LogP contribution is 2.59. The first-order valence-electron chi connectivity index (χ1n) is 4.51. The van der Waals surface area contributed by atoms with E-state index in [1.807, 2.05) is 0 Å². The standard InChI is InChI=1S/C9H15BrO/c10-7-8-6-9(8)2-1-4-11-5-3-9/h8H,1-7H2. The molecule has 1 spiro atoms. The summed E-state index contributed by atoms with van der Waals surface area (Å²) in [6.07, 6.45) is 5.44. The smallest absolute Gasteiger partial charge is 0.0471 e. The lowest BCUT2D eigenvalue weighted by molar-refractivity contribution is 0.140. The van der Waals surface area contributed by atoms with Crippen molar-refractivity contribution >= 4 is 15.9 Å². The van der Waals surface area contributed by atoms with Crippen LogP contribution in [0.2, 0.25) is 0 Å². The first-order chi connectivity index (χ1) is 5.37. The van der Waals surface area contributed by atoms with Crippen LogP contribution in [-0.4, -0.2) is 18.5 Å². The minimum Gasteiger partial charge on any atom is -0.381 e. The van der Waals surface area contributed by atoms with Crippen LogP contribution in [0.25, 0.3) is 0 Å². The van der Waals surface area contributed by atoms with Crippen LogP contribution in [0.15, 0.2) is 0 Å². The van der Waals surface area contributed by atoms with E-state index in [4.69, 9.17) is 4.74 Å². The van der Waals surface area contributed by atoms with Gasteiger partial charge >= 0.3 is 0 Å². The Hall–Kier alpha value is 0.440. The summed E-state index contributed by atoms with van der Waals surface area (Å²) in [5.74, 6) is 0.962. The molecule has 2 heteroatoms. The van der Waals surface area contributed by atoms with Crippen LogP contribution in [0, 0.1) is 11.3 Å². The van der Waals surface area contributed by atoms with Gasteiger partial charge in [-0.25, -0.2) is 0 Å². The Balaban J connectivity index is 1.92. The van der Waals surface area contributed by atoms with Gasteiger partial charge in [-0.05, 0) is 37.0 Å². The van der Waals surface area contributed by atoms with Crippen LogP contribution in [0.4, 0.5) is 0 Å². The van der Waals surface area contributed by atoms with E-state index in [1.165, 1.54) is 31.0 Å². The predicted molar refractivity (Wildman–Crippen MR) is 49.0 cm³/mol. The van der Waals surface area contributed by atoms with Gasteiger partial charge in [-0.15, -0.1) is 0 Å². The minimum atomic E-state index is 0.708. The van der Waals surface area contributed by atoms with Gasteiger partial charge < -0.3 is 4.74 Å². The molecule has 1 aliphatic carbocycles. The van der Waals surface area contributed by atoms with Crippen molar-refractivity contribution in [3.05, 3.63) is 0 Å². The predicted octanol–water partition coefficient (Wildman–Crippen LogP) is 2.59. The van der Waals surface area contributed by atoms with Crippen molar-refractivity contribution < 1.29 is 4.74 Å². The van der Waals surface area contributed by atoms with Crippen LogP contribution in [0.1, 0.15) is 25.7 Å². The number of hydrogen-bond acceptors (Lipinski definition) is 1. The van der Waals surface area contributed by atoms with Crippen molar-refractivity contribution in [2.75, 3.05) is 18.5 Å². The lowest BCUT2D eigenvalue weighted by Crippen LogP contribution is -2.05. The maximum Gasteiger partial charge on any atom is 0.0471 e. The molecule has 11 heavy (non-hydrogen) atoms. The van der Waals surface area contributed by atoms with Crippen molar-refractivity contribution in [1.82, 2.24) is 0 Å². The maximum absolute atomic E-state index is 5.45. The van der Waals surface area contributed by atoms with E-state index < -0.39 is 0 Å². The van der Waals surface area contributed by atoms with E-state index in [0.29, 0.717) is 5.41 Å². The fourth-order valence-corrected chi connectivity index (χ4v) is 3.21. The van der Waals surface area contributed by atoms with Crippen molar-refractivity contribution in [2.45, 2.75) is 25.7 Å². The number of alkyl halides is 1. The molecule has 0 N–H and O–H groups in total. The van der Waals surface area contributed by atoms with Crippen molar-refractivity contribution in [1.29, 1.82) is 0 Å². The van der Waals surface area contributed by atoms with Crippen molar-refractivity contribution in [3.63, 3.8) is 0 Å². The van der Waals surface area contributed by atoms with E-state index in [1.54, 1.807) is 0 Å². The molecule has 2 unspecified atom stereocenters. The monoisotopic (exact) mass is 218 g/mol. The van der Waals surface area contributed by atoms with E-state index in [-0.39, 0.29) is 0 Å². The minimum absolute atomic E-state index is 0.708. The van der Waals surface area contributed by atoms with Crippen molar-refractivity contribution in [3.8, 4) is 0 Å². The summed E-state index contributed by atoms with van der Waals surface area (Å²) in [6, 6.07) is 0. The molecule has 2 aliphatic rings. The summed E-state index contributed by atoms with van der Waals surface area (Å²) in [4.78, 5) is 0. The Labute approximate surface area is 76.6 Å². The zero-order chi connectivity index (χ0) is 7.73. The van der Waals surface area contributed by atoms with E-state index in [2.05, 4.69) is 15.9 Å². The fourth-order valence-electron chi connectivity index (χ4n) is 2.29. The van der Waals surface area contributed by atoms with Crippen LogP contribution in [0.5, 0.6) is 0 Å². The zero-order valence-electron chi connectivity index (χ0n) is 6.81. The fraction of sp³-hybridized carbons (Fsp3) is 1.00. The van der Waals surface area contributed by atoms with Gasteiger partial charge in [0.1, 0.15) is 0 Å². The van der Waals surface area contributed by atoms with Crippen LogP contribution in [-0.2, 0) is 4.74 Å². The molecular formula is C9H15BrO. The molecule has 0 radical (unpaired) electrons. The molecule has 1 saturated heterocycles. The third-order valence-electron chi connectivity index (χ3n) is 3.25. The number of hydrogen-bond donors (Lipinski definition) is 0. The Kier molecular flexibility index (Phi) is 2.24. The molecule has 2 atom stereocenters. The first kappa shape index (κ1) is 8.06. The second-order valence-corrected chi connectivity index (χ2v) is 4.53. The molecule has 1 heterocycles. The highest BCUT2D eigenvalue weighted by Gasteiger charge is 2.52. The molecule has 1 saturated carbocycles. The summed E-state index contributed by atoms with van der Waals surface area (Å²) in [5, 5.41) is 1.20. The summed E-state index contributed by atoms with van der Waals surface area (Å²) in [6.45, 7) is 2.00. The normalized spacial score (nSPS) is 43.9. The largest absolute Gasteiger partial charge is 0.381 e. The van der Waals surface area contributed by atoms with Crippen LogP contribution >= 0.6 is 15.9 Å². The molecule has 0 aromatic heterocycles. The summed E-state index contributed by atoms with van der Waals surface area (Å²) in [5.41, 5.74) is 0.708. The second kappa shape index (κ2) is 3.06. The Morgan fingerprint density at radius 1 is 1.36 bits per heavy atom. The third-order valence-corrected chi connectivity index (χ3v) is 4.03. The topological polar surface area (TPSA) is 9.23 Å². The van der Waals surface area contributed by atoms with Crippen LogP contribution in [0.3, 0.4) is 0 Å². The van der Waals surface area contributed by atoms with Crippen LogP contribution < -0.4 is 0 Å². The van der Waals surface area contributed by atoms with E-state index in [9.17, 15) is 0 Å². The van der Waals surface area contributed by atoms with Crippen molar-refractivity contribution in [2.24, 2.45) is 11.3 Å². The molecular weight excluding hydrogens is 204 g/mol. The molecule has 0 aromatic carbocycles. The van der Waals surface area contributed by atoms with Gasteiger partial charge in [0.25, 0.3) is 0 Å². The summed E-state index contributed by atoms with van der Waals surface area (Å²) >= 11 is 3.57. The van der Waals surface area contributed by atoms with E-state index >= 15 is 0 Å². The molecule has 64 valence electrons. The Bertz CT molecular complexity index is 138. The lowest BCUT2D eigenvalue weighted by Gasteiger charge is -2.11. The van der Waals surface area contributed by atoms with Gasteiger partial charge in [-0.3, -0.25) is 0 Å². The van der Waals surface area contributed by atoms with Gasteiger partial charge in [0, 0.05) is 18.5 Å². The molecule has 0 bridgehead atoms. The lowest BCUT2D eigenvalue weighted by atomic mass is 9.95. The average molecular weight is 219 g/mol. The number of ether oxygens (including phenoxy) is 1. The average Bonchev–Trinajstić information content (AvgIpc) is 2.76. The molecule has 2 fully saturated rings. The second-order valence-electron chi connectivity index (χ2n) is 3.88. The zero-order valence-corrected chi connectivity index (χ0v) is 8.40. The van der Waals surface area contributed by atoms with Gasteiger partial charge in [0.2, 0.25) is 0 Å². The van der Waals surface area contributed by atoms with Gasteiger partial charge in [0.05, 0.1) is 0 Å². The molecule has 0 aromatic rings. The maximum atomic E-state index is 5.45. The van der Waals surface area contributed by atoms with E-state index in [0.717, 1.165) is 19.1 Å². The quantitative estimate of drug-likeness (QED) is 0.616. The highest BCUT2D eigenvalue weighted by molar-refractivity contribution is 9.09. The summed E-state index contributed by atoms with van der Waals surface area (Å²) < 4.78 is 5.45. The molecule has 2 rings (SSSR count). The Morgan fingerprint density at radius 2 is 2.27 bits per heavy atom. The number of halogens is 1. The first-order valence-corrected chi connectivity index (χ1v) is 5.63. The van der Waals surface area contributed by atoms with Gasteiger partial charge in [0.15, 0.2) is 0 Å². The molecule has 1 nitrogen and oxygen atoms in total. The van der Waals surface area contributed by atoms with Gasteiger partial charge in [-0.2, -0.15) is 0 Å². The summed E-state index contributed by atoms with van der Waals surface area (Å²) in [7, 11) is 0. The SMILES string of the molecule is BrCC1CC12CCCOCC2. The third kappa shape index (κ3) is 1.48. The highest BCUT2D eigenvalue weighted by atomic mass is 79.9. The molecule has 0 amide bonds.